The first-order chi connectivity index (χ1) is 13.4. The molecular weight excluding hydrogens is 440 g/mol. The van der Waals surface area contributed by atoms with Crippen LogP contribution in [0.1, 0.15) is 48.0 Å². The zero-order chi connectivity index (χ0) is 22.2. The van der Waals surface area contributed by atoms with Gasteiger partial charge in [0.05, 0.1) is 0 Å². The van der Waals surface area contributed by atoms with E-state index in [4.69, 9.17) is 9.47 Å². The van der Waals surface area contributed by atoms with E-state index in [0.29, 0.717) is 18.7 Å². The Kier molecular flexibility index (Phi) is 9.62. The number of anilines is 1. The summed E-state index contributed by atoms with van der Waals surface area (Å²) in [5.74, 6) is -0.807. The minimum atomic E-state index is -0.993. The molecule has 0 spiro atoms. The minimum absolute atomic E-state index is 0.115. The number of ether oxygens (including phenoxy) is 2. The van der Waals surface area contributed by atoms with Gasteiger partial charge in [0.15, 0.2) is 6.10 Å². The lowest BCUT2D eigenvalue weighted by Crippen LogP contribution is -2.45. The third-order valence-corrected chi connectivity index (χ3v) is 4.26. The zero-order valence-electron chi connectivity index (χ0n) is 18.0. The van der Waals surface area contributed by atoms with Gasteiger partial charge in [-0.05, 0) is 64.3 Å². The Morgan fingerprint density at radius 1 is 1.14 bits per heavy atom. The number of halogens is 1. The van der Waals surface area contributed by atoms with E-state index in [0.717, 1.165) is 4.47 Å². The second-order valence-electron chi connectivity index (χ2n) is 8.09. The molecule has 0 unspecified atom stereocenters. The molecule has 162 valence electrons. The maximum atomic E-state index is 13.0. The van der Waals surface area contributed by atoms with Crippen LogP contribution in [-0.2, 0) is 19.1 Å². The van der Waals surface area contributed by atoms with Crippen molar-refractivity contribution in [2.45, 2.75) is 59.7 Å². The van der Waals surface area contributed by atoms with Gasteiger partial charge in [0.2, 0.25) is 0 Å². The molecule has 0 bridgehead atoms. The van der Waals surface area contributed by atoms with Gasteiger partial charge in [0.25, 0.3) is 5.91 Å². The van der Waals surface area contributed by atoms with Crippen molar-refractivity contribution in [3.63, 3.8) is 0 Å². The number of nitrogens with one attached hydrogen (secondary N) is 1. The van der Waals surface area contributed by atoms with Crippen LogP contribution < -0.4 is 5.32 Å². The van der Waals surface area contributed by atoms with Crippen molar-refractivity contribution in [1.82, 2.24) is 4.90 Å². The Hall–Kier alpha value is -2.09. The highest BCUT2D eigenvalue weighted by molar-refractivity contribution is 9.10. The summed E-state index contributed by atoms with van der Waals surface area (Å²) in [6.45, 7) is 11.0. The van der Waals surface area contributed by atoms with Crippen LogP contribution in [0.4, 0.5) is 10.5 Å². The van der Waals surface area contributed by atoms with E-state index < -0.39 is 29.7 Å². The Balaban J connectivity index is 2.82. The fourth-order valence-electron chi connectivity index (χ4n) is 2.52. The molecule has 29 heavy (non-hydrogen) atoms. The lowest BCUT2D eigenvalue weighted by atomic mass is 10.0. The third-order valence-electron chi connectivity index (χ3n) is 3.73. The van der Waals surface area contributed by atoms with Crippen LogP contribution in [0.15, 0.2) is 28.7 Å². The summed E-state index contributed by atoms with van der Waals surface area (Å²) in [6.07, 6.45) is -1.37. The number of hydrogen-bond donors (Lipinski definition) is 1. The van der Waals surface area contributed by atoms with Crippen molar-refractivity contribution in [2.24, 2.45) is 5.92 Å². The van der Waals surface area contributed by atoms with Crippen LogP contribution in [0.2, 0.25) is 0 Å². The molecule has 0 radical (unpaired) electrons. The maximum absolute atomic E-state index is 13.0. The highest BCUT2D eigenvalue weighted by Gasteiger charge is 2.30. The monoisotopic (exact) mass is 470 g/mol. The lowest BCUT2D eigenvalue weighted by molar-refractivity contribution is -0.160. The fourth-order valence-corrected chi connectivity index (χ4v) is 2.78. The van der Waals surface area contributed by atoms with Gasteiger partial charge in [-0.2, -0.15) is 0 Å². The van der Waals surface area contributed by atoms with Gasteiger partial charge in [0.1, 0.15) is 12.1 Å². The van der Waals surface area contributed by atoms with Crippen LogP contribution in [0.5, 0.6) is 0 Å². The van der Waals surface area contributed by atoms with Gasteiger partial charge in [-0.15, -0.1) is 0 Å². The predicted octanol–water partition coefficient (Wildman–Crippen LogP) is 4.60. The normalized spacial score (nSPS) is 12.3. The number of hydrogen-bond acceptors (Lipinski definition) is 5. The number of nitrogens with zero attached hydrogens (tertiary/aromatic N) is 1. The number of rotatable bonds is 8. The van der Waals surface area contributed by atoms with E-state index in [1.54, 1.807) is 52.0 Å². The molecule has 2 amide bonds. The highest BCUT2D eigenvalue weighted by atomic mass is 79.9. The lowest BCUT2D eigenvalue weighted by Gasteiger charge is -2.28. The second kappa shape index (κ2) is 11.2. The molecule has 7 nitrogen and oxygen atoms in total. The van der Waals surface area contributed by atoms with Crippen LogP contribution in [0.25, 0.3) is 0 Å². The molecule has 0 fully saturated rings. The smallest absolute Gasteiger partial charge is 0.412 e. The first-order valence-electron chi connectivity index (χ1n) is 9.65. The Morgan fingerprint density at radius 2 is 1.72 bits per heavy atom. The molecule has 8 heteroatoms. The van der Waals surface area contributed by atoms with Crippen LogP contribution >= 0.6 is 15.9 Å². The summed E-state index contributed by atoms with van der Waals surface area (Å²) in [4.78, 5) is 38.7. The second-order valence-corrected chi connectivity index (χ2v) is 9.01. The van der Waals surface area contributed by atoms with Crippen molar-refractivity contribution < 1.29 is 23.9 Å². The molecule has 0 heterocycles. The van der Waals surface area contributed by atoms with Crippen molar-refractivity contribution in [2.75, 3.05) is 18.4 Å². The summed E-state index contributed by atoms with van der Waals surface area (Å²) >= 11 is 3.33. The maximum Gasteiger partial charge on any atom is 0.412 e. The van der Waals surface area contributed by atoms with E-state index in [1.165, 1.54) is 4.90 Å². The van der Waals surface area contributed by atoms with E-state index in [9.17, 15) is 14.4 Å². The molecule has 1 rings (SSSR count). The van der Waals surface area contributed by atoms with Crippen molar-refractivity contribution in [3.05, 3.63) is 28.7 Å². The molecule has 1 atom stereocenters. The van der Waals surface area contributed by atoms with E-state index in [2.05, 4.69) is 21.2 Å². The number of carbonyl (C=O) groups excluding carboxylic acids is 3. The summed E-state index contributed by atoms with van der Waals surface area (Å²) in [5.41, 5.74) is -0.0900. The minimum Gasteiger partial charge on any atom is -0.459 e. The van der Waals surface area contributed by atoms with Crippen LogP contribution in [0, 0.1) is 5.92 Å². The summed E-state index contributed by atoms with van der Waals surface area (Å²) < 4.78 is 11.6. The van der Waals surface area contributed by atoms with E-state index >= 15 is 0 Å². The SMILES string of the molecule is CCN(CC(=O)OC(C)(C)C)C(=O)[C@H](CC(C)C)OC(=O)Nc1ccc(Br)cc1. The first-order valence-corrected chi connectivity index (χ1v) is 10.4. The van der Waals surface area contributed by atoms with Crippen LogP contribution in [-0.4, -0.2) is 47.7 Å². The molecule has 0 saturated carbocycles. The Bertz CT molecular complexity index is 698. The van der Waals surface area contributed by atoms with Crippen molar-refractivity contribution >= 4 is 39.6 Å². The first kappa shape index (κ1) is 24.9. The Labute approximate surface area is 181 Å². The predicted molar refractivity (Wildman–Crippen MR) is 116 cm³/mol. The standard InChI is InChI=1S/C21H31BrN2O5/c1-7-24(13-18(25)29-21(4,5)6)19(26)17(12-14(2)3)28-20(27)23-16-10-8-15(22)9-11-16/h8-11,14,17H,7,12-13H2,1-6H3,(H,23,27)/t17-/m0/s1. The molecule has 0 saturated heterocycles. The van der Waals surface area contributed by atoms with Gasteiger partial charge in [0, 0.05) is 16.7 Å². The quantitative estimate of drug-likeness (QED) is 0.560. The third kappa shape index (κ3) is 9.78. The molecular formula is C21H31BrN2O5. The molecule has 0 aliphatic rings. The zero-order valence-corrected chi connectivity index (χ0v) is 19.5. The molecule has 1 aromatic carbocycles. The van der Waals surface area contributed by atoms with Gasteiger partial charge in [-0.25, -0.2) is 4.79 Å². The largest absolute Gasteiger partial charge is 0.459 e. The highest BCUT2D eigenvalue weighted by Crippen LogP contribution is 2.17. The van der Waals surface area contributed by atoms with Crippen molar-refractivity contribution in [3.8, 4) is 0 Å². The van der Waals surface area contributed by atoms with Crippen molar-refractivity contribution in [1.29, 1.82) is 0 Å². The molecule has 1 aromatic rings. The van der Waals surface area contributed by atoms with E-state index in [-0.39, 0.29) is 12.5 Å². The number of carbonyl (C=O) groups is 3. The molecule has 0 aliphatic carbocycles. The topological polar surface area (TPSA) is 84.9 Å². The summed E-state index contributed by atoms with van der Waals surface area (Å²) in [7, 11) is 0. The summed E-state index contributed by atoms with van der Waals surface area (Å²) in [5, 5.41) is 2.61. The van der Waals surface area contributed by atoms with E-state index in [1.807, 2.05) is 13.8 Å². The fraction of sp³-hybridized carbons (Fsp3) is 0.571. The number of benzene rings is 1. The number of amides is 2. The average molecular weight is 471 g/mol. The number of esters is 1. The van der Waals surface area contributed by atoms with Gasteiger partial charge >= 0.3 is 12.1 Å². The van der Waals surface area contributed by atoms with Crippen LogP contribution in [0.3, 0.4) is 0 Å². The van der Waals surface area contributed by atoms with Gasteiger partial charge in [-0.3, -0.25) is 14.9 Å². The van der Waals surface area contributed by atoms with Gasteiger partial charge < -0.3 is 14.4 Å². The Morgan fingerprint density at radius 3 is 2.21 bits per heavy atom. The number of likely N-dealkylation sites (N-methyl/N-ethyl adjacent to an activating group) is 1. The van der Waals surface area contributed by atoms with Gasteiger partial charge in [-0.1, -0.05) is 29.8 Å². The molecule has 0 aromatic heterocycles. The molecule has 0 aliphatic heterocycles. The molecule has 1 N–H and O–H groups in total. The summed E-state index contributed by atoms with van der Waals surface area (Å²) in [6, 6.07) is 7.00. The average Bonchev–Trinajstić information content (AvgIpc) is 2.58.